The van der Waals surface area contributed by atoms with Gasteiger partial charge in [-0.15, -0.1) is 11.8 Å². The summed E-state index contributed by atoms with van der Waals surface area (Å²) in [5.41, 5.74) is 1.86. The molecule has 0 aromatic heterocycles. The molecule has 3 aromatic carbocycles. The van der Waals surface area contributed by atoms with Crippen LogP contribution in [-0.4, -0.2) is 5.11 Å². The molecule has 0 heterocycles. The Morgan fingerprint density at radius 2 is 1.62 bits per heavy atom. The van der Waals surface area contributed by atoms with Crippen molar-refractivity contribution in [3.05, 3.63) is 71.8 Å². The zero-order valence-electron chi connectivity index (χ0n) is 11.3. The van der Waals surface area contributed by atoms with Crippen molar-refractivity contribution in [1.82, 2.24) is 0 Å². The van der Waals surface area contributed by atoms with Crippen molar-refractivity contribution in [2.45, 2.75) is 10.6 Å². The molecule has 3 heteroatoms. The monoisotopic (exact) mass is 291 g/mol. The van der Waals surface area contributed by atoms with E-state index in [2.05, 4.69) is 6.07 Å². The van der Waals surface area contributed by atoms with Crippen LogP contribution in [0, 0.1) is 11.3 Å². The number of hydrogen-bond donors (Lipinski definition) is 1. The topological polar surface area (TPSA) is 44.0 Å². The van der Waals surface area contributed by atoms with Crippen LogP contribution in [0.15, 0.2) is 65.6 Å². The fourth-order valence-corrected chi connectivity index (χ4v) is 3.23. The number of fused-ring (bicyclic) bond motifs is 1. The van der Waals surface area contributed by atoms with Crippen LogP contribution in [0.25, 0.3) is 10.8 Å². The third-order valence-corrected chi connectivity index (χ3v) is 4.48. The summed E-state index contributed by atoms with van der Waals surface area (Å²) in [5, 5.41) is 20.6. The maximum atomic E-state index is 9.90. The summed E-state index contributed by atoms with van der Waals surface area (Å²) >= 11 is 1.73. The Kier molecular flexibility index (Phi) is 3.81. The Hall–Kier alpha value is -2.44. The number of benzene rings is 3. The maximum Gasteiger partial charge on any atom is 0.123 e. The Labute approximate surface area is 127 Å². The molecule has 1 N–H and O–H groups in total. The summed E-state index contributed by atoms with van der Waals surface area (Å²) in [6.45, 7) is 0. The summed E-state index contributed by atoms with van der Waals surface area (Å²) in [7, 11) is 0. The van der Waals surface area contributed by atoms with Gasteiger partial charge in [0.25, 0.3) is 0 Å². The van der Waals surface area contributed by atoms with E-state index in [1.807, 2.05) is 54.6 Å². The highest BCUT2D eigenvalue weighted by Crippen LogP contribution is 2.34. The van der Waals surface area contributed by atoms with E-state index >= 15 is 0 Å². The molecule has 0 saturated heterocycles. The van der Waals surface area contributed by atoms with E-state index in [1.54, 1.807) is 17.8 Å². The molecule has 0 spiro atoms. The van der Waals surface area contributed by atoms with E-state index in [-0.39, 0.29) is 0 Å². The number of hydrogen-bond acceptors (Lipinski definition) is 3. The fraction of sp³-hybridized carbons (Fsp3) is 0.0556. The number of phenolic OH excluding ortho intramolecular Hbond substituents is 1. The zero-order valence-corrected chi connectivity index (χ0v) is 12.1. The largest absolute Gasteiger partial charge is 0.507 e. The molecule has 102 valence electrons. The molecular formula is C18H13NOS. The minimum atomic E-state index is 0.313. The van der Waals surface area contributed by atoms with E-state index in [9.17, 15) is 5.11 Å². The van der Waals surface area contributed by atoms with Crippen LogP contribution in [0.4, 0.5) is 0 Å². The molecule has 0 unspecified atom stereocenters. The molecule has 21 heavy (non-hydrogen) atoms. The van der Waals surface area contributed by atoms with Gasteiger partial charge in [0.1, 0.15) is 5.75 Å². The third-order valence-electron chi connectivity index (χ3n) is 3.34. The van der Waals surface area contributed by atoms with Gasteiger partial charge in [-0.1, -0.05) is 36.4 Å². The smallest absolute Gasteiger partial charge is 0.123 e. The Morgan fingerprint density at radius 3 is 2.33 bits per heavy atom. The normalized spacial score (nSPS) is 10.4. The first kappa shape index (κ1) is 13.5. The maximum absolute atomic E-state index is 9.90. The molecule has 0 radical (unpaired) electrons. The number of nitriles is 1. The van der Waals surface area contributed by atoms with Crippen molar-refractivity contribution in [3.8, 4) is 11.8 Å². The van der Waals surface area contributed by atoms with Crippen LogP contribution in [0.3, 0.4) is 0 Å². The van der Waals surface area contributed by atoms with Gasteiger partial charge in [0.2, 0.25) is 0 Å². The number of aromatic hydroxyl groups is 1. The predicted octanol–water partition coefficient (Wildman–Crippen LogP) is 4.71. The highest BCUT2D eigenvalue weighted by molar-refractivity contribution is 7.98. The SMILES string of the molecule is N#Cc1ccc(CSc2ccc(O)c3ccccc23)cc1. The molecule has 0 saturated carbocycles. The minimum Gasteiger partial charge on any atom is -0.507 e. The van der Waals surface area contributed by atoms with Crippen molar-refractivity contribution >= 4 is 22.5 Å². The zero-order chi connectivity index (χ0) is 14.7. The van der Waals surface area contributed by atoms with E-state index < -0.39 is 0 Å². The molecule has 0 aliphatic rings. The first-order chi connectivity index (χ1) is 10.3. The number of nitrogens with zero attached hydrogens (tertiary/aromatic N) is 1. The Balaban J connectivity index is 1.85. The number of thioether (sulfide) groups is 1. The molecule has 0 aliphatic carbocycles. The van der Waals surface area contributed by atoms with Gasteiger partial charge in [-0.3, -0.25) is 0 Å². The Morgan fingerprint density at radius 1 is 0.905 bits per heavy atom. The van der Waals surface area contributed by atoms with E-state index in [0.717, 1.165) is 21.4 Å². The molecular weight excluding hydrogens is 278 g/mol. The number of phenols is 1. The van der Waals surface area contributed by atoms with Crippen LogP contribution < -0.4 is 0 Å². The molecule has 0 bridgehead atoms. The quantitative estimate of drug-likeness (QED) is 0.711. The van der Waals surface area contributed by atoms with Gasteiger partial charge >= 0.3 is 0 Å². The molecule has 3 rings (SSSR count). The highest BCUT2D eigenvalue weighted by atomic mass is 32.2. The van der Waals surface area contributed by atoms with Crippen molar-refractivity contribution in [2.75, 3.05) is 0 Å². The molecule has 0 atom stereocenters. The van der Waals surface area contributed by atoms with Gasteiger partial charge in [0, 0.05) is 16.0 Å². The van der Waals surface area contributed by atoms with E-state index in [1.165, 1.54) is 5.56 Å². The summed E-state index contributed by atoms with van der Waals surface area (Å²) in [6.07, 6.45) is 0. The van der Waals surface area contributed by atoms with Crippen molar-refractivity contribution in [1.29, 1.82) is 5.26 Å². The van der Waals surface area contributed by atoms with Crippen LogP contribution in [0.5, 0.6) is 5.75 Å². The van der Waals surface area contributed by atoms with Gasteiger partial charge in [-0.2, -0.15) is 5.26 Å². The summed E-state index contributed by atoms with van der Waals surface area (Å²) in [6, 6.07) is 21.3. The minimum absolute atomic E-state index is 0.313. The second-order valence-electron chi connectivity index (χ2n) is 4.73. The molecule has 0 fully saturated rings. The van der Waals surface area contributed by atoms with E-state index in [0.29, 0.717) is 11.3 Å². The molecule has 0 aliphatic heterocycles. The van der Waals surface area contributed by atoms with Crippen LogP contribution in [-0.2, 0) is 5.75 Å². The standard InChI is InChI=1S/C18H13NOS/c19-11-13-5-7-14(8-6-13)12-21-18-10-9-17(20)15-3-1-2-4-16(15)18/h1-10,20H,12H2. The first-order valence-electron chi connectivity index (χ1n) is 6.60. The van der Waals surface area contributed by atoms with Crippen molar-refractivity contribution < 1.29 is 5.11 Å². The molecule has 2 nitrogen and oxygen atoms in total. The summed E-state index contributed by atoms with van der Waals surface area (Å²) < 4.78 is 0. The highest BCUT2D eigenvalue weighted by Gasteiger charge is 2.05. The van der Waals surface area contributed by atoms with Crippen molar-refractivity contribution in [2.24, 2.45) is 0 Å². The first-order valence-corrected chi connectivity index (χ1v) is 7.59. The lowest BCUT2D eigenvalue weighted by atomic mass is 10.1. The lowest BCUT2D eigenvalue weighted by Crippen LogP contribution is -1.83. The summed E-state index contributed by atoms with van der Waals surface area (Å²) in [5.74, 6) is 1.15. The second kappa shape index (κ2) is 5.90. The van der Waals surface area contributed by atoms with Crippen LogP contribution in [0.1, 0.15) is 11.1 Å². The average molecular weight is 291 g/mol. The third kappa shape index (κ3) is 2.86. The van der Waals surface area contributed by atoms with E-state index in [4.69, 9.17) is 5.26 Å². The lowest BCUT2D eigenvalue weighted by molar-refractivity contribution is 0.481. The summed E-state index contributed by atoms with van der Waals surface area (Å²) in [4.78, 5) is 1.15. The average Bonchev–Trinajstić information content (AvgIpc) is 2.55. The Bertz CT molecular complexity index is 819. The number of rotatable bonds is 3. The van der Waals surface area contributed by atoms with Gasteiger partial charge in [0.15, 0.2) is 0 Å². The van der Waals surface area contributed by atoms with Crippen molar-refractivity contribution in [3.63, 3.8) is 0 Å². The molecule has 3 aromatic rings. The molecule has 0 amide bonds. The van der Waals surface area contributed by atoms with Gasteiger partial charge in [-0.05, 0) is 35.2 Å². The lowest BCUT2D eigenvalue weighted by Gasteiger charge is -2.08. The predicted molar refractivity (Wildman–Crippen MR) is 86.3 cm³/mol. The van der Waals surface area contributed by atoms with Gasteiger partial charge in [0.05, 0.1) is 11.6 Å². The fourth-order valence-electron chi connectivity index (χ4n) is 2.22. The van der Waals surface area contributed by atoms with Crippen LogP contribution >= 0.6 is 11.8 Å². The van der Waals surface area contributed by atoms with Crippen LogP contribution in [0.2, 0.25) is 0 Å². The second-order valence-corrected chi connectivity index (χ2v) is 5.74. The van der Waals surface area contributed by atoms with Gasteiger partial charge < -0.3 is 5.11 Å². The van der Waals surface area contributed by atoms with Gasteiger partial charge in [-0.25, -0.2) is 0 Å².